The fraction of sp³-hybridized carbons (Fsp3) is 0.500. The molecule has 0 radical (unpaired) electrons. The van der Waals surface area contributed by atoms with Gasteiger partial charge in [0.15, 0.2) is 25.2 Å². The van der Waals surface area contributed by atoms with E-state index in [1.54, 1.807) is 12.1 Å². The summed E-state index contributed by atoms with van der Waals surface area (Å²) in [6.45, 7) is -1.88. The molecule has 19 heavy (non-hydrogen) atoms. The Morgan fingerprint density at radius 2 is 1.74 bits per heavy atom. The summed E-state index contributed by atoms with van der Waals surface area (Å²) in [4.78, 5) is 0. The summed E-state index contributed by atoms with van der Waals surface area (Å²) in [5.74, 6) is 1.42. The zero-order chi connectivity index (χ0) is 13.9. The van der Waals surface area contributed by atoms with E-state index < -0.39 is 20.4 Å². The molecule has 0 saturated carbocycles. The quantitative estimate of drug-likeness (QED) is 0.751. The standard InChI is InChI=1S/C9H9FO3.C3H6F2O/c10-5-11-4-7-1-2-8-9(3-7)13-6-12-8;4-1-2-6-3-5/h1-3H,4-6H2;1-3H2. The summed E-state index contributed by atoms with van der Waals surface area (Å²) in [6, 6.07) is 5.40. The second-order valence-corrected chi connectivity index (χ2v) is 3.35. The molecule has 0 unspecified atom stereocenters. The van der Waals surface area contributed by atoms with E-state index in [4.69, 9.17) is 9.47 Å². The Hall–Kier alpha value is -1.47. The van der Waals surface area contributed by atoms with Gasteiger partial charge in [-0.1, -0.05) is 6.07 Å². The first-order valence-electron chi connectivity index (χ1n) is 5.53. The molecule has 1 aromatic rings. The van der Waals surface area contributed by atoms with Crippen molar-refractivity contribution >= 4 is 0 Å². The minimum Gasteiger partial charge on any atom is -0.454 e. The van der Waals surface area contributed by atoms with Gasteiger partial charge in [0.1, 0.15) is 6.67 Å². The van der Waals surface area contributed by atoms with Gasteiger partial charge >= 0.3 is 0 Å². The molecule has 7 heteroatoms. The minimum absolute atomic E-state index is 0.128. The highest BCUT2D eigenvalue weighted by Gasteiger charge is 2.12. The molecule has 0 fully saturated rings. The third kappa shape index (κ3) is 5.80. The van der Waals surface area contributed by atoms with Gasteiger partial charge in [-0.05, 0) is 17.7 Å². The van der Waals surface area contributed by atoms with Crippen molar-refractivity contribution in [1.29, 1.82) is 0 Å². The van der Waals surface area contributed by atoms with E-state index >= 15 is 0 Å². The molecule has 0 amide bonds. The summed E-state index contributed by atoms with van der Waals surface area (Å²) < 4.78 is 52.2. The summed E-state index contributed by atoms with van der Waals surface area (Å²) in [6.07, 6.45) is 0. The van der Waals surface area contributed by atoms with Crippen LogP contribution in [0, 0.1) is 0 Å². The topological polar surface area (TPSA) is 36.9 Å². The zero-order valence-electron chi connectivity index (χ0n) is 10.2. The predicted octanol–water partition coefficient (Wildman–Crippen LogP) is 2.76. The molecule has 0 aliphatic carbocycles. The third-order valence-electron chi connectivity index (χ3n) is 2.08. The lowest BCUT2D eigenvalue weighted by molar-refractivity contribution is 0.0461. The van der Waals surface area contributed by atoms with Gasteiger partial charge < -0.3 is 18.9 Å². The fourth-order valence-corrected chi connectivity index (χ4v) is 1.30. The van der Waals surface area contributed by atoms with E-state index in [1.807, 2.05) is 6.07 Å². The molecule has 1 aliphatic heterocycles. The lowest BCUT2D eigenvalue weighted by Crippen LogP contribution is -1.93. The first-order valence-corrected chi connectivity index (χ1v) is 5.53. The van der Waals surface area contributed by atoms with Crippen molar-refractivity contribution < 1.29 is 32.1 Å². The van der Waals surface area contributed by atoms with Gasteiger partial charge in [-0.15, -0.1) is 0 Å². The fourth-order valence-electron chi connectivity index (χ4n) is 1.30. The lowest BCUT2D eigenvalue weighted by atomic mass is 10.2. The maximum absolute atomic E-state index is 11.7. The maximum Gasteiger partial charge on any atom is 0.231 e. The molecule has 0 saturated heterocycles. The molecular weight excluding hydrogens is 265 g/mol. The average molecular weight is 280 g/mol. The third-order valence-corrected chi connectivity index (χ3v) is 2.08. The van der Waals surface area contributed by atoms with E-state index in [-0.39, 0.29) is 20.0 Å². The predicted molar refractivity (Wildman–Crippen MR) is 61.2 cm³/mol. The zero-order valence-corrected chi connectivity index (χ0v) is 10.2. The van der Waals surface area contributed by atoms with Crippen LogP contribution in [0.15, 0.2) is 18.2 Å². The second-order valence-electron chi connectivity index (χ2n) is 3.35. The highest BCUT2D eigenvalue weighted by molar-refractivity contribution is 5.44. The van der Waals surface area contributed by atoms with Crippen LogP contribution in [-0.4, -0.2) is 33.8 Å². The Balaban J connectivity index is 0.000000258. The highest BCUT2D eigenvalue weighted by Crippen LogP contribution is 2.32. The number of benzene rings is 1. The summed E-state index contributed by atoms with van der Waals surface area (Å²) in [5.41, 5.74) is 0.877. The number of ether oxygens (including phenoxy) is 4. The first-order chi connectivity index (χ1) is 9.31. The van der Waals surface area contributed by atoms with Crippen LogP contribution < -0.4 is 9.47 Å². The molecule has 0 aromatic heterocycles. The van der Waals surface area contributed by atoms with Crippen molar-refractivity contribution in [3.05, 3.63) is 23.8 Å². The first kappa shape index (κ1) is 15.6. The van der Waals surface area contributed by atoms with Gasteiger partial charge in [0, 0.05) is 0 Å². The van der Waals surface area contributed by atoms with Crippen molar-refractivity contribution in [2.75, 3.05) is 33.8 Å². The van der Waals surface area contributed by atoms with Gasteiger partial charge in [0.25, 0.3) is 0 Å². The Bertz CT molecular complexity index is 359. The Labute approximate surface area is 109 Å². The Morgan fingerprint density at radius 3 is 2.37 bits per heavy atom. The molecule has 108 valence electrons. The van der Waals surface area contributed by atoms with Crippen LogP contribution in [0.1, 0.15) is 5.56 Å². The van der Waals surface area contributed by atoms with Gasteiger partial charge in [0.05, 0.1) is 13.2 Å². The number of hydrogen-bond acceptors (Lipinski definition) is 4. The van der Waals surface area contributed by atoms with Gasteiger partial charge in [-0.3, -0.25) is 0 Å². The Morgan fingerprint density at radius 1 is 1.00 bits per heavy atom. The molecule has 0 spiro atoms. The molecule has 0 bridgehead atoms. The Kier molecular flexibility index (Phi) is 7.76. The molecule has 4 nitrogen and oxygen atoms in total. The summed E-state index contributed by atoms with van der Waals surface area (Å²) >= 11 is 0. The molecule has 0 atom stereocenters. The monoisotopic (exact) mass is 280 g/mol. The van der Waals surface area contributed by atoms with Crippen molar-refractivity contribution in [2.45, 2.75) is 6.61 Å². The van der Waals surface area contributed by atoms with Crippen LogP contribution >= 0.6 is 0 Å². The van der Waals surface area contributed by atoms with Crippen LogP contribution in [0.2, 0.25) is 0 Å². The van der Waals surface area contributed by atoms with Crippen LogP contribution in [0.4, 0.5) is 13.2 Å². The molecule has 1 aliphatic rings. The van der Waals surface area contributed by atoms with Gasteiger partial charge in [-0.25, -0.2) is 13.2 Å². The largest absolute Gasteiger partial charge is 0.454 e. The summed E-state index contributed by atoms with van der Waals surface area (Å²) in [5, 5.41) is 0. The van der Waals surface area contributed by atoms with E-state index in [2.05, 4.69) is 9.47 Å². The molecular formula is C12H15F3O4. The lowest BCUT2D eigenvalue weighted by Gasteiger charge is -2.01. The maximum atomic E-state index is 11.7. The van der Waals surface area contributed by atoms with Crippen molar-refractivity contribution in [1.82, 2.24) is 0 Å². The number of alkyl halides is 3. The molecule has 1 heterocycles. The highest BCUT2D eigenvalue weighted by atomic mass is 19.1. The number of halogens is 3. The van der Waals surface area contributed by atoms with E-state index in [0.717, 1.165) is 11.3 Å². The smallest absolute Gasteiger partial charge is 0.231 e. The van der Waals surface area contributed by atoms with Crippen molar-refractivity contribution in [3.63, 3.8) is 0 Å². The van der Waals surface area contributed by atoms with Crippen LogP contribution in [-0.2, 0) is 16.1 Å². The van der Waals surface area contributed by atoms with E-state index in [0.29, 0.717) is 5.75 Å². The van der Waals surface area contributed by atoms with Crippen LogP contribution in [0.3, 0.4) is 0 Å². The van der Waals surface area contributed by atoms with Gasteiger partial charge in [0.2, 0.25) is 6.79 Å². The van der Waals surface area contributed by atoms with E-state index in [9.17, 15) is 13.2 Å². The number of hydrogen-bond donors (Lipinski definition) is 0. The number of fused-ring (bicyclic) bond motifs is 1. The van der Waals surface area contributed by atoms with Gasteiger partial charge in [-0.2, -0.15) is 0 Å². The van der Waals surface area contributed by atoms with Crippen molar-refractivity contribution in [2.24, 2.45) is 0 Å². The van der Waals surface area contributed by atoms with Crippen LogP contribution in [0.5, 0.6) is 11.5 Å². The normalized spacial score (nSPS) is 11.9. The molecule has 2 rings (SSSR count). The van der Waals surface area contributed by atoms with Crippen molar-refractivity contribution in [3.8, 4) is 11.5 Å². The minimum atomic E-state index is -0.885. The second kappa shape index (κ2) is 9.46. The average Bonchev–Trinajstić information content (AvgIpc) is 2.91. The molecule has 1 aromatic carbocycles. The molecule has 0 N–H and O–H groups in total. The van der Waals surface area contributed by atoms with E-state index in [1.165, 1.54) is 0 Å². The summed E-state index contributed by atoms with van der Waals surface area (Å²) in [7, 11) is 0. The van der Waals surface area contributed by atoms with Crippen LogP contribution in [0.25, 0.3) is 0 Å². The SMILES string of the molecule is FCCOCF.FCOCc1ccc2c(c1)OCO2. The number of rotatable bonds is 6.